The maximum Gasteiger partial charge on any atom is 0.165 e. The number of aromatic hydroxyl groups is 1. The molecule has 0 radical (unpaired) electrons. The number of ether oxygens (including phenoxy) is 3. The molecule has 2 spiro atoms. The minimum absolute atomic E-state index is 0.0595. The third kappa shape index (κ3) is 2.62. The summed E-state index contributed by atoms with van der Waals surface area (Å²) in [5.74, 6) is 2.22. The highest BCUT2D eigenvalue weighted by Crippen LogP contribution is 2.76. The number of nitrogens with zero attached hydrogens (tertiary/aromatic N) is 1. The van der Waals surface area contributed by atoms with E-state index in [1.54, 1.807) is 0 Å². The number of hydrogen-bond donors (Lipinski definition) is 1. The van der Waals surface area contributed by atoms with E-state index in [2.05, 4.69) is 41.3 Å². The number of likely N-dealkylation sites (tertiary alicyclic amines) is 1. The average molecular weight is 488 g/mol. The predicted octanol–water partition coefficient (Wildman–Crippen LogP) is 4.83. The highest BCUT2D eigenvalue weighted by molar-refractivity contribution is 5.63. The summed E-state index contributed by atoms with van der Waals surface area (Å²) in [6.07, 6.45) is 8.21. The normalized spacial score (nSPS) is 39.6. The summed E-state index contributed by atoms with van der Waals surface area (Å²) >= 11 is 0. The molecule has 0 aromatic heterocycles. The van der Waals surface area contributed by atoms with Crippen LogP contribution in [0, 0.1) is 17.3 Å². The van der Waals surface area contributed by atoms with E-state index in [1.807, 2.05) is 13.2 Å². The minimum Gasteiger partial charge on any atom is -0.504 e. The van der Waals surface area contributed by atoms with Crippen LogP contribution in [0.2, 0.25) is 0 Å². The van der Waals surface area contributed by atoms with Crippen molar-refractivity contribution in [3.8, 4) is 11.5 Å². The second kappa shape index (κ2) is 7.49. The summed E-state index contributed by atoms with van der Waals surface area (Å²) in [6.45, 7) is 3.69. The van der Waals surface area contributed by atoms with Gasteiger partial charge in [-0.1, -0.05) is 36.4 Å². The number of benzene rings is 2. The van der Waals surface area contributed by atoms with Gasteiger partial charge in [0.1, 0.15) is 11.7 Å². The van der Waals surface area contributed by atoms with Crippen LogP contribution in [0.1, 0.15) is 55.2 Å². The number of piperidine rings is 1. The predicted molar refractivity (Wildman–Crippen MR) is 136 cm³/mol. The zero-order valence-electron chi connectivity index (χ0n) is 21.2. The summed E-state index contributed by atoms with van der Waals surface area (Å²) in [4.78, 5) is 2.86. The van der Waals surface area contributed by atoms with Gasteiger partial charge in [0.05, 0.1) is 13.2 Å². The van der Waals surface area contributed by atoms with E-state index in [0.717, 1.165) is 43.9 Å². The lowest BCUT2D eigenvalue weighted by Gasteiger charge is -2.74. The van der Waals surface area contributed by atoms with Gasteiger partial charge in [0, 0.05) is 42.0 Å². The number of methoxy groups -OCH3 is 1. The summed E-state index contributed by atoms with van der Waals surface area (Å²) < 4.78 is 19.9. The Kier molecular flexibility index (Phi) is 4.57. The first-order valence-electron chi connectivity index (χ1n) is 14.0. The lowest BCUT2D eigenvalue weighted by molar-refractivity contribution is -0.283. The van der Waals surface area contributed by atoms with Crippen LogP contribution in [0.15, 0.2) is 42.5 Å². The Bertz CT molecular complexity index is 1200. The largest absolute Gasteiger partial charge is 0.504 e. The SMILES string of the molecule is CO[C@]12CC[C@@]3(C[C@@H]1COCc1ccccc1)[C@H]1Cc4ccc(O)c5c4[C@@]3(CCN1CC1CC1)[C@H]2O5. The molecule has 7 aliphatic rings. The molecule has 0 unspecified atom stereocenters. The number of rotatable bonds is 7. The highest BCUT2D eigenvalue weighted by Gasteiger charge is 2.80. The highest BCUT2D eigenvalue weighted by atomic mass is 16.6. The average Bonchev–Trinajstić information content (AvgIpc) is 3.64. The smallest absolute Gasteiger partial charge is 0.165 e. The molecular weight excluding hydrogens is 450 g/mol. The Morgan fingerprint density at radius 3 is 2.75 bits per heavy atom. The molecular formula is C31H37NO4. The number of phenols is 1. The molecule has 2 aromatic rings. The van der Waals surface area contributed by atoms with Crippen molar-refractivity contribution in [2.75, 3.05) is 26.8 Å². The molecule has 5 nitrogen and oxygen atoms in total. The molecule has 5 aliphatic carbocycles. The van der Waals surface area contributed by atoms with Crippen LogP contribution < -0.4 is 4.74 Å². The van der Waals surface area contributed by atoms with E-state index in [-0.39, 0.29) is 28.5 Å². The minimum atomic E-state index is -0.387. The maximum atomic E-state index is 11.0. The Labute approximate surface area is 213 Å². The molecule has 4 saturated carbocycles. The van der Waals surface area contributed by atoms with Crippen molar-refractivity contribution in [2.45, 2.75) is 74.7 Å². The second-order valence-corrected chi connectivity index (χ2v) is 12.5. The first kappa shape index (κ1) is 22.0. The molecule has 0 amide bonds. The summed E-state index contributed by atoms with van der Waals surface area (Å²) in [7, 11) is 1.88. The fraction of sp³-hybridized carbons (Fsp3) is 0.613. The van der Waals surface area contributed by atoms with Gasteiger partial charge in [-0.2, -0.15) is 0 Å². The Balaban J connectivity index is 1.22. The van der Waals surface area contributed by atoms with Gasteiger partial charge in [0.25, 0.3) is 0 Å². The molecule has 1 N–H and O–H groups in total. The van der Waals surface area contributed by atoms with Gasteiger partial charge in [-0.05, 0) is 74.6 Å². The fourth-order valence-electron chi connectivity index (χ4n) is 9.64. The quantitative estimate of drug-likeness (QED) is 0.606. The number of fused-ring (bicyclic) bond motifs is 2. The van der Waals surface area contributed by atoms with Gasteiger partial charge >= 0.3 is 0 Å². The van der Waals surface area contributed by atoms with Gasteiger partial charge in [-0.15, -0.1) is 0 Å². The van der Waals surface area contributed by atoms with Crippen LogP contribution in [0.3, 0.4) is 0 Å². The third-order valence-corrected chi connectivity index (χ3v) is 11.2. The topological polar surface area (TPSA) is 51.2 Å². The van der Waals surface area contributed by atoms with E-state index in [1.165, 1.54) is 42.5 Å². The molecule has 2 heterocycles. The van der Waals surface area contributed by atoms with Crippen molar-refractivity contribution in [3.05, 3.63) is 59.2 Å². The molecule has 2 aliphatic heterocycles. The number of hydrogen-bond acceptors (Lipinski definition) is 5. The van der Waals surface area contributed by atoms with Crippen molar-refractivity contribution in [1.82, 2.24) is 4.90 Å². The van der Waals surface area contributed by atoms with Gasteiger partial charge in [-0.25, -0.2) is 0 Å². The van der Waals surface area contributed by atoms with Gasteiger partial charge in [-0.3, -0.25) is 4.90 Å². The van der Waals surface area contributed by atoms with Gasteiger partial charge < -0.3 is 19.3 Å². The molecule has 190 valence electrons. The van der Waals surface area contributed by atoms with Gasteiger partial charge in [0.15, 0.2) is 11.5 Å². The third-order valence-electron chi connectivity index (χ3n) is 11.2. The molecule has 5 heteroatoms. The maximum absolute atomic E-state index is 11.0. The lowest BCUT2D eigenvalue weighted by atomic mass is 9.35. The zero-order valence-corrected chi connectivity index (χ0v) is 21.2. The number of phenolic OH excluding ortho intramolecular Hbond substituents is 1. The summed E-state index contributed by atoms with van der Waals surface area (Å²) in [5.41, 5.74) is 3.64. The molecule has 1 saturated heterocycles. The Hall–Kier alpha value is -2.08. The first-order valence-corrected chi connectivity index (χ1v) is 14.0. The zero-order chi connectivity index (χ0) is 24.1. The van der Waals surface area contributed by atoms with Crippen molar-refractivity contribution >= 4 is 0 Å². The Morgan fingerprint density at radius 1 is 1.08 bits per heavy atom. The monoisotopic (exact) mass is 487 g/mol. The molecule has 6 atom stereocenters. The van der Waals surface area contributed by atoms with Crippen molar-refractivity contribution < 1.29 is 19.3 Å². The molecule has 9 rings (SSSR count). The van der Waals surface area contributed by atoms with E-state index >= 15 is 0 Å². The molecule has 5 fully saturated rings. The van der Waals surface area contributed by atoms with Crippen LogP contribution >= 0.6 is 0 Å². The van der Waals surface area contributed by atoms with Crippen LogP contribution in [0.5, 0.6) is 11.5 Å². The van der Waals surface area contributed by atoms with Crippen molar-refractivity contribution in [1.29, 1.82) is 0 Å². The lowest BCUT2D eigenvalue weighted by Crippen LogP contribution is -2.81. The molecule has 2 aromatic carbocycles. The van der Waals surface area contributed by atoms with Crippen LogP contribution in [0.25, 0.3) is 0 Å². The van der Waals surface area contributed by atoms with Crippen LogP contribution in [-0.4, -0.2) is 54.6 Å². The molecule has 36 heavy (non-hydrogen) atoms. The standard InChI is InChI=1S/C31H37NO4/c1-34-31-12-11-29(16-23(31)19-35-18-21-5-3-2-4-6-21)25-15-22-9-10-24(33)27-26(22)30(29,28(31)36-27)13-14-32(25)17-20-7-8-20/h2-6,9-10,20,23,25,28,33H,7-8,11-19H2,1H3/t23-,25-,28-,29-,30+,31-/m1/s1. The molecule has 4 bridgehead atoms. The Morgan fingerprint density at radius 2 is 1.94 bits per heavy atom. The van der Waals surface area contributed by atoms with Crippen molar-refractivity contribution in [2.24, 2.45) is 17.3 Å². The van der Waals surface area contributed by atoms with Gasteiger partial charge in [0.2, 0.25) is 0 Å². The second-order valence-electron chi connectivity index (χ2n) is 12.5. The van der Waals surface area contributed by atoms with E-state index in [0.29, 0.717) is 25.0 Å². The van der Waals surface area contributed by atoms with E-state index in [4.69, 9.17) is 14.2 Å². The van der Waals surface area contributed by atoms with E-state index in [9.17, 15) is 5.11 Å². The van der Waals surface area contributed by atoms with Crippen molar-refractivity contribution in [3.63, 3.8) is 0 Å². The van der Waals surface area contributed by atoms with Crippen LogP contribution in [0.4, 0.5) is 0 Å². The van der Waals surface area contributed by atoms with E-state index < -0.39 is 0 Å². The first-order chi connectivity index (χ1) is 17.6. The summed E-state index contributed by atoms with van der Waals surface area (Å²) in [6, 6.07) is 15.1. The fourth-order valence-corrected chi connectivity index (χ4v) is 9.64. The summed E-state index contributed by atoms with van der Waals surface area (Å²) in [5, 5.41) is 11.0. The van der Waals surface area contributed by atoms with Crippen LogP contribution in [-0.2, 0) is 27.9 Å².